The average molecular weight is 239 g/mol. The Balaban J connectivity index is 2.47. The minimum Gasteiger partial charge on any atom is -0.394 e. The molecule has 0 bridgehead atoms. The van der Waals surface area contributed by atoms with Crippen LogP contribution < -0.4 is 21.8 Å². The quantitative estimate of drug-likeness (QED) is 0.404. The molecule has 0 saturated carbocycles. The van der Waals surface area contributed by atoms with E-state index in [2.05, 4.69) is 0 Å². The van der Waals surface area contributed by atoms with Crippen molar-refractivity contribution < 1.29 is 9.67 Å². The Morgan fingerprint density at radius 2 is 1.82 bits per heavy atom. The SMILES string of the molecule is C[n+]1cc(N)c(CCCCC(O)CN)c(N)c1. The van der Waals surface area contributed by atoms with Crippen molar-refractivity contribution in [3.05, 3.63) is 18.0 Å². The van der Waals surface area contributed by atoms with Crippen LogP contribution in [0.2, 0.25) is 0 Å². The van der Waals surface area contributed by atoms with Gasteiger partial charge in [0.2, 0.25) is 0 Å². The number of hydrogen-bond donors (Lipinski definition) is 4. The number of nitrogens with two attached hydrogens (primary N) is 3. The van der Waals surface area contributed by atoms with Crippen LogP contribution in [0.15, 0.2) is 12.4 Å². The fraction of sp³-hybridized carbons (Fsp3) is 0.583. The topological polar surface area (TPSA) is 102 Å². The van der Waals surface area contributed by atoms with Crippen molar-refractivity contribution in [1.82, 2.24) is 0 Å². The number of unbranched alkanes of at least 4 members (excludes halogenated alkanes) is 1. The molecule has 96 valence electrons. The summed E-state index contributed by atoms with van der Waals surface area (Å²) in [5.41, 5.74) is 19.6. The van der Waals surface area contributed by atoms with E-state index in [0.29, 0.717) is 6.54 Å². The Morgan fingerprint density at radius 3 is 2.35 bits per heavy atom. The summed E-state index contributed by atoms with van der Waals surface area (Å²) in [5.74, 6) is 0. The first-order valence-corrected chi connectivity index (χ1v) is 5.95. The summed E-state index contributed by atoms with van der Waals surface area (Å²) >= 11 is 0. The van der Waals surface area contributed by atoms with Gasteiger partial charge in [0.1, 0.15) is 18.4 Å². The molecular weight excluding hydrogens is 216 g/mol. The van der Waals surface area contributed by atoms with Crippen molar-refractivity contribution in [2.75, 3.05) is 18.0 Å². The summed E-state index contributed by atoms with van der Waals surface area (Å²) in [6, 6.07) is 0. The van der Waals surface area contributed by atoms with Gasteiger partial charge in [0.25, 0.3) is 0 Å². The smallest absolute Gasteiger partial charge is 0.192 e. The van der Waals surface area contributed by atoms with Gasteiger partial charge in [-0.15, -0.1) is 0 Å². The predicted octanol–water partition coefficient (Wildman–Crippen LogP) is -0.292. The second-order valence-corrected chi connectivity index (χ2v) is 4.45. The lowest BCUT2D eigenvalue weighted by Crippen LogP contribution is -2.29. The summed E-state index contributed by atoms with van der Waals surface area (Å²) in [7, 11) is 1.90. The molecule has 0 radical (unpaired) electrons. The molecule has 0 amide bonds. The number of aliphatic hydroxyl groups excluding tert-OH is 1. The molecule has 0 saturated heterocycles. The highest BCUT2D eigenvalue weighted by Gasteiger charge is 2.10. The van der Waals surface area contributed by atoms with Crippen molar-refractivity contribution in [2.24, 2.45) is 12.8 Å². The first-order valence-electron chi connectivity index (χ1n) is 5.95. The van der Waals surface area contributed by atoms with E-state index in [4.69, 9.17) is 17.2 Å². The van der Waals surface area contributed by atoms with Gasteiger partial charge in [0.15, 0.2) is 12.4 Å². The van der Waals surface area contributed by atoms with Gasteiger partial charge in [-0.2, -0.15) is 0 Å². The van der Waals surface area contributed by atoms with Gasteiger partial charge in [0.05, 0.1) is 6.10 Å². The van der Waals surface area contributed by atoms with E-state index in [1.807, 2.05) is 24.0 Å². The lowest BCUT2D eigenvalue weighted by molar-refractivity contribution is -0.670. The molecule has 0 fully saturated rings. The Hall–Kier alpha value is -1.33. The van der Waals surface area contributed by atoms with E-state index in [1.54, 1.807) is 0 Å². The van der Waals surface area contributed by atoms with Crippen LogP contribution in [0.5, 0.6) is 0 Å². The molecule has 1 heterocycles. The van der Waals surface area contributed by atoms with Gasteiger partial charge in [-0.25, -0.2) is 4.57 Å². The molecule has 0 spiro atoms. The van der Waals surface area contributed by atoms with Gasteiger partial charge < -0.3 is 22.3 Å². The lowest BCUT2D eigenvalue weighted by atomic mass is 10.0. The van der Waals surface area contributed by atoms with Crippen molar-refractivity contribution >= 4 is 11.4 Å². The summed E-state index contributed by atoms with van der Waals surface area (Å²) < 4.78 is 1.85. The average Bonchev–Trinajstić information content (AvgIpc) is 2.26. The molecule has 5 nitrogen and oxygen atoms in total. The van der Waals surface area contributed by atoms with Gasteiger partial charge >= 0.3 is 0 Å². The van der Waals surface area contributed by atoms with Crippen LogP contribution in [-0.2, 0) is 13.5 Å². The van der Waals surface area contributed by atoms with E-state index >= 15 is 0 Å². The van der Waals surface area contributed by atoms with E-state index in [0.717, 1.165) is 42.6 Å². The molecule has 0 aliphatic carbocycles. The molecule has 5 heteroatoms. The summed E-state index contributed by atoms with van der Waals surface area (Å²) in [6.45, 7) is 0.325. The maximum atomic E-state index is 9.32. The third-order valence-electron chi connectivity index (χ3n) is 2.87. The molecule has 1 atom stereocenters. The largest absolute Gasteiger partial charge is 0.394 e. The molecule has 0 aliphatic heterocycles. The Labute approximate surface area is 102 Å². The third kappa shape index (κ3) is 4.20. The molecule has 17 heavy (non-hydrogen) atoms. The molecule has 0 aromatic carbocycles. The molecule has 1 aromatic rings. The van der Waals surface area contributed by atoms with Gasteiger partial charge in [-0.3, -0.25) is 0 Å². The predicted molar refractivity (Wildman–Crippen MR) is 69.1 cm³/mol. The minimum atomic E-state index is -0.390. The highest BCUT2D eigenvalue weighted by atomic mass is 16.3. The zero-order valence-corrected chi connectivity index (χ0v) is 10.4. The number of aromatic nitrogens is 1. The third-order valence-corrected chi connectivity index (χ3v) is 2.87. The number of aliphatic hydroxyl groups is 1. The number of hydrogen-bond acceptors (Lipinski definition) is 4. The lowest BCUT2D eigenvalue weighted by Gasteiger charge is -2.09. The molecule has 0 aliphatic rings. The minimum absolute atomic E-state index is 0.325. The molecule has 7 N–H and O–H groups in total. The van der Waals surface area contributed by atoms with Crippen LogP contribution in [-0.4, -0.2) is 17.8 Å². The van der Waals surface area contributed by atoms with Crippen LogP contribution in [0.4, 0.5) is 11.4 Å². The maximum absolute atomic E-state index is 9.32. The molecular formula is C12H23N4O+. The summed E-state index contributed by atoms with van der Waals surface area (Å²) in [6.07, 6.45) is 6.80. The van der Waals surface area contributed by atoms with Crippen LogP contribution in [0.25, 0.3) is 0 Å². The van der Waals surface area contributed by atoms with E-state index in [9.17, 15) is 5.11 Å². The monoisotopic (exact) mass is 239 g/mol. The number of nitrogens with zero attached hydrogens (tertiary/aromatic N) is 1. The Morgan fingerprint density at radius 1 is 1.24 bits per heavy atom. The van der Waals surface area contributed by atoms with Crippen LogP contribution in [0.1, 0.15) is 24.8 Å². The van der Waals surface area contributed by atoms with Crippen LogP contribution >= 0.6 is 0 Å². The zero-order chi connectivity index (χ0) is 12.8. The summed E-state index contributed by atoms with van der Waals surface area (Å²) in [4.78, 5) is 0. The molecule has 1 aromatic heterocycles. The summed E-state index contributed by atoms with van der Waals surface area (Å²) in [5, 5.41) is 9.32. The standard InChI is InChI=1S/C12H23N4O/c1-16-7-11(14)10(12(15)8-16)5-3-2-4-9(17)6-13/h7-9,17H,2-6,13-15H2,1H3/q+1. The van der Waals surface area contributed by atoms with Gasteiger partial charge in [0, 0.05) is 12.1 Å². The molecule has 1 unspecified atom stereocenters. The maximum Gasteiger partial charge on any atom is 0.192 e. The number of aryl methyl sites for hydroxylation is 1. The second kappa shape index (κ2) is 6.42. The Bertz CT molecular complexity index is 345. The highest BCUT2D eigenvalue weighted by molar-refractivity contribution is 5.57. The van der Waals surface area contributed by atoms with E-state index < -0.39 is 6.10 Å². The van der Waals surface area contributed by atoms with Crippen molar-refractivity contribution in [2.45, 2.75) is 31.8 Å². The molecule has 1 rings (SSSR count). The first kappa shape index (κ1) is 13.7. The normalized spacial score (nSPS) is 12.6. The number of pyridine rings is 1. The van der Waals surface area contributed by atoms with Crippen molar-refractivity contribution in [3.63, 3.8) is 0 Å². The fourth-order valence-electron chi connectivity index (χ4n) is 1.89. The number of rotatable bonds is 6. The number of anilines is 2. The fourth-order valence-corrected chi connectivity index (χ4v) is 1.89. The van der Waals surface area contributed by atoms with Gasteiger partial charge in [-0.1, -0.05) is 6.42 Å². The van der Waals surface area contributed by atoms with Crippen molar-refractivity contribution in [3.8, 4) is 0 Å². The second-order valence-electron chi connectivity index (χ2n) is 4.45. The van der Waals surface area contributed by atoms with Crippen LogP contribution in [0, 0.1) is 0 Å². The first-order chi connectivity index (χ1) is 8.04. The zero-order valence-electron chi connectivity index (χ0n) is 10.4. The van der Waals surface area contributed by atoms with Crippen molar-refractivity contribution in [1.29, 1.82) is 0 Å². The highest BCUT2D eigenvalue weighted by Crippen LogP contribution is 2.19. The van der Waals surface area contributed by atoms with Gasteiger partial charge in [-0.05, 0) is 19.3 Å². The van der Waals surface area contributed by atoms with E-state index in [-0.39, 0.29) is 0 Å². The van der Waals surface area contributed by atoms with Crippen LogP contribution in [0.3, 0.4) is 0 Å². The number of nitrogen functional groups attached to an aromatic ring is 2. The Kier molecular flexibility index (Phi) is 5.18. The van der Waals surface area contributed by atoms with E-state index in [1.165, 1.54) is 0 Å².